The maximum absolute atomic E-state index is 13.9. The molecule has 1 fully saturated rings. The number of hydrogen-bond donors (Lipinski definition) is 1. The van der Waals surface area contributed by atoms with Crippen molar-refractivity contribution in [2.24, 2.45) is 5.92 Å². The lowest BCUT2D eigenvalue weighted by Crippen LogP contribution is -2.19. The summed E-state index contributed by atoms with van der Waals surface area (Å²) in [6.45, 7) is -0.297. The van der Waals surface area contributed by atoms with E-state index in [0.29, 0.717) is 0 Å². The summed E-state index contributed by atoms with van der Waals surface area (Å²) in [4.78, 5) is 12.1. The molecule has 0 spiro atoms. The van der Waals surface area contributed by atoms with Crippen molar-refractivity contribution < 1.29 is 35.9 Å². The molecule has 0 saturated heterocycles. The second-order valence-corrected chi connectivity index (χ2v) is 9.15. The number of fused-ring (bicyclic) bond motifs is 3. The molecule has 2 atom stereocenters. The molecule has 0 bridgehead atoms. The Kier molecular flexibility index (Phi) is 4.57. The number of methoxy groups -OCH3 is 1. The summed E-state index contributed by atoms with van der Waals surface area (Å²) in [5.41, 5.74) is -0.375. The van der Waals surface area contributed by atoms with Gasteiger partial charge in [-0.1, -0.05) is 6.07 Å². The fourth-order valence-electron chi connectivity index (χ4n) is 3.48. The monoisotopic (exact) mass is 491 g/mol. The molecule has 0 aromatic heterocycles. The van der Waals surface area contributed by atoms with Gasteiger partial charge in [-0.3, -0.25) is 4.72 Å². The Morgan fingerprint density at radius 3 is 2.69 bits per heavy atom. The number of alkyl halides is 2. The van der Waals surface area contributed by atoms with Gasteiger partial charge < -0.3 is 9.47 Å². The molecule has 1 aliphatic heterocycles. The lowest BCUT2D eigenvalue weighted by atomic mass is 10.0. The average Bonchev–Trinajstić information content (AvgIpc) is 3.21. The summed E-state index contributed by atoms with van der Waals surface area (Å²) >= 11 is 2.98. The van der Waals surface area contributed by atoms with Gasteiger partial charge in [0.1, 0.15) is 22.0 Å². The van der Waals surface area contributed by atoms with Gasteiger partial charge in [0.15, 0.2) is 0 Å². The number of esters is 1. The Morgan fingerprint density at radius 2 is 2.03 bits per heavy atom. The van der Waals surface area contributed by atoms with Gasteiger partial charge in [-0.25, -0.2) is 26.4 Å². The predicted octanol–water partition coefficient (Wildman–Crippen LogP) is 3.92. The molecule has 2 aromatic carbocycles. The fourth-order valence-corrected chi connectivity index (χ4v) is 5.60. The van der Waals surface area contributed by atoms with E-state index in [4.69, 9.17) is 9.47 Å². The normalized spacial score (nSPS) is 21.4. The van der Waals surface area contributed by atoms with Gasteiger partial charge in [-0.05, 0) is 40.2 Å². The first kappa shape index (κ1) is 20.0. The van der Waals surface area contributed by atoms with Crippen molar-refractivity contribution in [2.75, 3.05) is 18.4 Å². The molecular formula is C18H13BrF3NO5S. The number of rotatable bonds is 4. The van der Waals surface area contributed by atoms with E-state index in [9.17, 15) is 26.4 Å². The summed E-state index contributed by atoms with van der Waals surface area (Å²) in [5.74, 6) is -6.73. The molecule has 2 aromatic rings. The Bertz CT molecular complexity index is 1140. The van der Waals surface area contributed by atoms with Gasteiger partial charge in [-0.15, -0.1) is 0 Å². The number of ether oxygens (including phenoxy) is 2. The van der Waals surface area contributed by atoms with Crippen LogP contribution >= 0.6 is 15.9 Å². The molecule has 1 heterocycles. The Morgan fingerprint density at radius 1 is 1.31 bits per heavy atom. The first-order chi connectivity index (χ1) is 13.6. The summed E-state index contributed by atoms with van der Waals surface area (Å²) in [6, 6.07) is 5.49. The molecule has 29 heavy (non-hydrogen) atoms. The van der Waals surface area contributed by atoms with Crippen LogP contribution in [0.1, 0.15) is 21.8 Å². The number of nitrogens with one attached hydrogen (secondary N) is 1. The van der Waals surface area contributed by atoms with Crippen molar-refractivity contribution in [3.8, 4) is 5.75 Å². The van der Waals surface area contributed by atoms with Gasteiger partial charge in [0, 0.05) is 10.0 Å². The molecule has 2 unspecified atom stereocenters. The van der Waals surface area contributed by atoms with Crippen LogP contribution in [0.15, 0.2) is 39.7 Å². The van der Waals surface area contributed by atoms with Gasteiger partial charge in [-0.2, -0.15) is 0 Å². The molecule has 11 heteroatoms. The lowest BCUT2D eigenvalue weighted by Gasteiger charge is -2.21. The van der Waals surface area contributed by atoms with Crippen LogP contribution in [0.3, 0.4) is 0 Å². The smallest absolute Gasteiger partial charge is 0.343 e. The number of anilines is 1. The highest BCUT2D eigenvalue weighted by atomic mass is 79.9. The molecule has 4 rings (SSSR count). The second kappa shape index (κ2) is 6.63. The molecule has 2 aliphatic rings. The predicted molar refractivity (Wildman–Crippen MR) is 99.4 cm³/mol. The van der Waals surface area contributed by atoms with E-state index in [1.54, 1.807) is 0 Å². The van der Waals surface area contributed by atoms with Crippen molar-refractivity contribution in [1.29, 1.82) is 0 Å². The Labute approximate surface area is 172 Å². The van der Waals surface area contributed by atoms with Crippen LogP contribution in [-0.2, 0) is 14.8 Å². The van der Waals surface area contributed by atoms with Gasteiger partial charge in [0.05, 0.1) is 31.2 Å². The summed E-state index contributed by atoms with van der Waals surface area (Å²) < 4.78 is 79.0. The van der Waals surface area contributed by atoms with Crippen molar-refractivity contribution >= 4 is 37.6 Å². The van der Waals surface area contributed by atoms with Crippen LogP contribution in [0.5, 0.6) is 5.75 Å². The molecule has 0 radical (unpaired) electrons. The third kappa shape index (κ3) is 3.16. The van der Waals surface area contributed by atoms with E-state index >= 15 is 0 Å². The molecule has 6 nitrogen and oxygen atoms in total. The fraction of sp³-hybridized carbons (Fsp3) is 0.278. The number of carbonyl (C=O) groups is 1. The van der Waals surface area contributed by atoms with E-state index in [1.165, 1.54) is 12.1 Å². The van der Waals surface area contributed by atoms with Crippen LogP contribution in [0.2, 0.25) is 0 Å². The lowest BCUT2D eigenvalue weighted by molar-refractivity contribution is 0.0595. The van der Waals surface area contributed by atoms with Crippen LogP contribution in [-0.4, -0.2) is 34.0 Å². The Balaban J connectivity index is 1.79. The van der Waals surface area contributed by atoms with Crippen molar-refractivity contribution in [1.82, 2.24) is 0 Å². The molecular weight excluding hydrogens is 479 g/mol. The van der Waals surface area contributed by atoms with Gasteiger partial charge in [0.2, 0.25) is 0 Å². The SMILES string of the molecule is COC(=O)c1c(NS(=O)(=O)c2ccc(F)cc2Br)ccc2c1OCC1C2C1(F)F. The molecule has 0 amide bonds. The maximum atomic E-state index is 13.9. The average molecular weight is 492 g/mol. The number of sulfonamides is 1. The summed E-state index contributed by atoms with van der Waals surface area (Å²) in [6.07, 6.45) is 0. The zero-order valence-electron chi connectivity index (χ0n) is 14.7. The van der Waals surface area contributed by atoms with Gasteiger partial charge >= 0.3 is 5.97 Å². The van der Waals surface area contributed by atoms with E-state index in [1.807, 2.05) is 0 Å². The number of halogens is 4. The van der Waals surface area contributed by atoms with Crippen molar-refractivity contribution in [3.63, 3.8) is 0 Å². The number of carbonyl (C=O) groups excluding carboxylic acids is 1. The van der Waals surface area contributed by atoms with Crippen LogP contribution in [0.4, 0.5) is 18.9 Å². The third-order valence-corrected chi connectivity index (χ3v) is 7.29. The van der Waals surface area contributed by atoms with Gasteiger partial charge in [0.25, 0.3) is 15.9 Å². The number of hydrogen-bond acceptors (Lipinski definition) is 5. The van der Waals surface area contributed by atoms with Crippen LogP contribution in [0.25, 0.3) is 0 Å². The summed E-state index contributed by atoms with van der Waals surface area (Å²) in [7, 11) is -3.18. The molecule has 1 N–H and O–H groups in total. The molecule has 1 aliphatic carbocycles. The Hall–Kier alpha value is -2.27. The van der Waals surface area contributed by atoms with Crippen molar-refractivity contribution in [2.45, 2.75) is 16.7 Å². The first-order valence-corrected chi connectivity index (χ1v) is 10.6. The molecule has 1 saturated carbocycles. The number of benzene rings is 2. The molecule has 154 valence electrons. The zero-order chi connectivity index (χ0) is 21.1. The van der Waals surface area contributed by atoms with E-state index in [-0.39, 0.29) is 38.5 Å². The zero-order valence-corrected chi connectivity index (χ0v) is 17.1. The minimum atomic E-state index is -4.25. The minimum Gasteiger partial charge on any atom is -0.492 e. The highest BCUT2D eigenvalue weighted by Crippen LogP contribution is 2.65. The van der Waals surface area contributed by atoms with E-state index < -0.39 is 39.6 Å². The largest absolute Gasteiger partial charge is 0.492 e. The highest BCUT2D eigenvalue weighted by molar-refractivity contribution is 9.10. The quantitative estimate of drug-likeness (QED) is 0.655. The van der Waals surface area contributed by atoms with Crippen LogP contribution in [0, 0.1) is 11.7 Å². The van der Waals surface area contributed by atoms with E-state index in [2.05, 4.69) is 20.7 Å². The standard InChI is InChI=1S/C18H13BrF3NO5S/c1-27-17(24)14-12(23-29(25,26)13-5-2-8(20)6-11(13)19)4-3-9-15-10(18(15,21)22)7-28-16(9)14/h2-6,10,15,23H,7H2,1H3. The first-order valence-electron chi connectivity index (χ1n) is 8.31. The summed E-state index contributed by atoms with van der Waals surface area (Å²) in [5, 5.41) is 0. The van der Waals surface area contributed by atoms with Crippen molar-refractivity contribution in [3.05, 3.63) is 51.7 Å². The van der Waals surface area contributed by atoms with Crippen LogP contribution < -0.4 is 9.46 Å². The van der Waals surface area contributed by atoms with E-state index in [0.717, 1.165) is 25.3 Å². The second-order valence-electron chi connectivity index (χ2n) is 6.65. The third-order valence-electron chi connectivity index (χ3n) is 4.95. The minimum absolute atomic E-state index is 0.0284. The highest BCUT2D eigenvalue weighted by Gasteiger charge is 2.71. The maximum Gasteiger partial charge on any atom is 0.343 e. The topological polar surface area (TPSA) is 81.7 Å².